The predicted octanol–water partition coefficient (Wildman–Crippen LogP) is 3.86. The molecule has 0 spiro atoms. The zero-order valence-electron chi connectivity index (χ0n) is 14.2. The normalized spacial score (nSPS) is 17.7. The molecule has 0 bridgehead atoms. The number of nitrogens with one attached hydrogen (secondary N) is 1. The number of nitrogens with zero attached hydrogens (tertiary/aromatic N) is 1. The topological polar surface area (TPSA) is 45.5 Å². The Labute approximate surface area is 147 Å². The third-order valence-corrected chi connectivity index (χ3v) is 5.74. The van der Waals surface area contributed by atoms with Crippen LogP contribution in [0.15, 0.2) is 40.3 Å². The molecule has 1 N–H and O–H groups in total. The molecule has 1 saturated heterocycles. The van der Waals surface area contributed by atoms with E-state index < -0.39 is 0 Å². The third kappa shape index (κ3) is 4.71. The van der Waals surface area contributed by atoms with Crippen LogP contribution in [0.1, 0.15) is 42.9 Å². The lowest BCUT2D eigenvalue weighted by Crippen LogP contribution is -2.41. The number of amides is 1. The molecule has 0 saturated carbocycles. The first kappa shape index (κ1) is 17.2. The summed E-state index contributed by atoms with van der Waals surface area (Å²) in [7, 11) is 0. The van der Waals surface area contributed by atoms with Crippen LogP contribution in [-0.2, 0) is 11.2 Å². The minimum Gasteiger partial charge on any atom is -0.468 e. The van der Waals surface area contributed by atoms with Crippen molar-refractivity contribution in [3.05, 3.63) is 46.5 Å². The Bertz CT molecular complexity index is 601. The van der Waals surface area contributed by atoms with Crippen LogP contribution in [0.4, 0.5) is 0 Å². The highest BCUT2D eigenvalue weighted by molar-refractivity contribution is 7.09. The second-order valence-corrected chi connectivity index (χ2v) is 7.67. The minimum absolute atomic E-state index is 0.116. The summed E-state index contributed by atoms with van der Waals surface area (Å²) in [6.07, 6.45) is 5.50. The number of hydrogen-bond acceptors (Lipinski definition) is 4. The van der Waals surface area contributed by atoms with Gasteiger partial charge in [-0.05, 0) is 61.8 Å². The lowest BCUT2D eigenvalue weighted by atomic mass is 9.97. The van der Waals surface area contributed by atoms with Gasteiger partial charge in [-0.15, -0.1) is 11.3 Å². The Hall–Kier alpha value is -1.59. The summed E-state index contributed by atoms with van der Waals surface area (Å²) in [5.74, 6) is 1.85. The van der Waals surface area contributed by atoms with Crippen molar-refractivity contribution in [2.75, 3.05) is 19.6 Å². The van der Waals surface area contributed by atoms with Gasteiger partial charge in [0.05, 0.1) is 12.3 Å². The van der Waals surface area contributed by atoms with Crippen LogP contribution in [0.2, 0.25) is 0 Å². The van der Waals surface area contributed by atoms with E-state index in [0.717, 1.165) is 31.2 Å². The van der Waals surface area contributed by atoms with Crippen molar-refractivity contribution in [2.24, 2.45) is 5.92 Å². The molecule has 1 amide bonds. The van der Waals surface area contributed by atoms with E-state index in [4.69, 9.17) is 4.42 Å². The standard InChI is InChI=1S/C19H26N2O2S/c1-15-8-10-21(11-9-15)17(18-5-2-12-23-18)14-20-19(22)7-6-16-4-3-13-24-16/h2-5,12-13,15,17H,6-11,14H2,1H3,(H,20,22). The average molecular weight is 346 g/mol. The van der Waals surface area contributed by atoms with Gasteiger partial charge in [0, 0.05) is 17.8 Å². The van der Waals surface area contributed by atoms with Gasteiger partial charge in [0.25, 0.3) is 0 Å². The fraction of sp³-hybridized carbons (Fsp3) is 0.526. The summed E-state index contributed by atoms with van der Waals surface area (Å²) in [5, 5.41) is 5.16. The van der Waals surface area contributed by atoms with Gasteiger partial charge in [0.1, 0.15) is 5.76 Å². The molecular weight excluding hydrogens is 320 g/mol. The van der Waals surface area contributed by atoms with Gasteiger partial charge in [-0.25, -0.2) is 0 Å². The van der Waals surface area contributed by atoms with Crippen molar-refractivity contribution in [2.45, 2.75) is 38.6 Å². The van der Waals surface area contributed by atoms with Crippen LogP contribution in [0.5, 0.6) is 0 Å². The molecule has 3 rings (SSSR count). The van der Waals surface area contributed by atoms with Crippen molar-refractivity contribution in [1.29, 1.82) is 0 Å². The lowest BCUT2D eigenvalue weighted by Gasteiger charge is -2.35. The van der Waals surface area contributed by atoms with E-state index in [1.807, 2.05) is 18.2 Å². The van der Waals surface area contributed by atoms with Crippen molar-refractivity contribution in [3.63, 3.8) is 0 Å². The molecule has 0 aromatic carbocycles. The summed E-state index contributed by atoms with van der Waals surface area (Å²) in [6.45, 7) is 5.06. The number of rotatable bonds is 7. The number of carbonyl (C=O) groups excluding carboxylic acids is 1. The van der Waals surface area contributed by atoms with Crippen molar-refractivity contribution >= 4 is 17.2 Å². The van der Waals surface area contributed by atoms with Gasteiger partial charge in [-0.3, -0.25) is 9.69 Å². The summed E-state index contributed by atoms with van der Waals surface area (Å²) < 4.78 is 5.64. The molecule has 130 valence electrons. The Morgan fingerprint density at radius 1 is 1.38 bits per heavy atom. The maximum Gasteiger partial charge on any atom is 0.220 e. The molecule has 3 heterocycles. The number of thiophene rings is 1. The molecule has 1 unspecified atom stereocenters. The van der Waals surface area contributed by atoms with E-state index in [9.17, 15) is 4.79 Å². The van der Waals surface area contributed by atoms with Gasteiger partial charge in [-0.1, -0.05) is 13.0 Å². The van der Waals surface area contributed by atoms with Gasteiger partial charge in [0.2, 0.25) is 5.91 Å². The highest BCUT2D eigenvalue weighted by Crippen LogP contribution is 2.26. The quantitative estimate of drug-likeness (QED) is 0.828. The van der Waals surface area contributed by atoms with Crippen molar-refractivity contribution < 1.29 is 9.21 Å². The fourth-order valence-corrected chi connectivity index (χ4v) is 3.93. The van der Waals surface area contributed by atoms with Gasteiger partial charge in [0.15, 0.2) is 0 Å². The van der Waals surface area contributed by atoms with E-state index in [2.05, 4.69) is 28.6 Å². The van der Waals surface area contributed by atoms with Crippen LogP contribution < -0.4 is 5.32 Å². The SMILES string of the molecule is CC1CCN(C(CNC(=O)CCc2cccs2)c2ccco2)CC1. The first-order valence-electron chi connectivity index (χ1n) is 8.79. The molecule has 1 fully saturated rings. The largest absolute Gasteiger partial charge is 0.468 e. The average Bonchev–Trinajstić information content (AvgIpc) is 3.28. The van der Waals surface area contributed by atoms with Crippen molar-refractivity contribution in [3.8, 4) is 0 Å². The van der Waals surface area contributed by atoms with Crippen molar-refractivity contribution in [1.82, 2.24) is 10.2 Å². The van der Waals surface area contributed by atoms with Gasteiger partial charge in [-0.2, -0.15) is 0 Å². The maximum absolute atomic E-state index is 12.2. The zero-order chi connectivity index (χ0) is 16.8. The Kier molecular flexibility index (Phi) is 6.10. The van der Waals surface area contributed by atoms with Crippen LogP contribution in [0.25, 0.3) is 0 Å². The molecule has 1 atom stereocenters. The molecule has 4 nitrogen and oxygen atoms in total. The Morgan fingerprint density at radius 3 is 2.88 bits per heavy atom. The van der Waals surface area contributed by atoms with E-state index in [1.54, 1.807) is 17.6 Å². The van der Waals surface area contributed by atoms with E-state index in [1.165, 1.54) is 17.7 Å². The number of aryl methyl sites for hydroxylation is 1. The summed E-state index contributed by atoms with van der Waals surface area (Å²) in [6, 6.07) is 8.19. The highest BCUT2D eigenvalue weighted by Gasteiger charge is 2.26. The molecule has 2 aromatic heterocycles. The number of carbonyl (C=O) groups is 1. The number of piperidine rings is 1. The number of likely N-dealkylation sites (tertiary alicyclic amines) is 1. The summed E-state index contributed by atoms with van der Waals surface area (Å²) >= 11 is 1.71. The molecule has 1 aliphatic rings. The third-order valence-electron chi connectivity index (χ3n) is 4.80. The summed E-state index contributed by atoms with van der Waals surface area (Å²) in [4.78, 5) is 15.9. The van der Waals surface area contributed by atoms with Gasteiger partial charge < -0.3 is 9.73 Å². The first-order chi connectivity index (χ1) is 11.7. The Morgan fingerprint density at radius 2 is 2.21 bits per heavy atom. The second kappa shape index (κ2) is 8.49. The molecule has 0 aliphatic carbocycles. The van der Waals surface area contributed by atoms with Crippen LogP contribution in [-0.4, -0.2) is 30.4 Å². The molecular formula is C19H26N2O2S. The van der Waals surface area contributed by atoms with Crippen LogP contribution in [0, 0.1) is 5.92 Å². The molecule has 0 radical (unpaired) electrons. The Balaban J connectivity index is 1.53. The van der Waals surface area contributed by atoms with Crippen LogP contribution in [0.3, 0.4) is 0 Å². The molecule has 1 aliphatic heterocycles. The molecule has 24 heavy (non-hydrogen) atoms. The van der Waals surface area contributed by atoms with E-state index in [0.29, 0.717) is 13.0 Å². The predicted molar refractivity (Wildman–Crippen MR) is 97.1 cm³/mol. The number of furan rings is 1. The second-order valence-electron chi connectivity index (χ2n) is 6.63. The minimum atomic E-state index is 0.116. The summed E-state index contributed by atoms with van der Waals surface area (Å²) in [5.41, 5.74) is 0. The smallest absolute Gasteiger partial charge is 0.220 e. The fourth-order valence-electron chi connectivity index (χ4n) is 3.22. The van der Waals surface area contributed by atoms with Crippen LogP contribution >= 0.6 is 11.3 Å². The lowest BCUT2D eigenvalue weighted by molar-refractivity contribution is -0.121. The monoisotopic (exact) mass is 346 g/mol. The van der Waals surface area contributed by atoms with E-state index in [-0.39, 0.29) is 11.9 Å². The number of hydrogen-bond donors (Lipinski definition) is 1. The van der Waals surface area contributed by atoms with E-state index >= 15 is 0 Å². The first-order valence-corrected chi connectivity index (χ1v) is 9.67. The highest BCUT2D eigenvalue weighted by atomic mass is 32.1. The molecule has 5 heteroatoms. The zero-order valence-corrected chi connectivity index (χ0v) is 15.1. The molecule has 2 aromatic rings. The van der Waals surface area contributed by atoms with Gasteiger partial charge >= 0.3 is 0 Å². The maximum atomic E-state index is 12.2.